The van der Waals surface area contributed by atoms with Crippen LogP contribution in [-0.2, 0) is 0 Å². The topological polar surface area (TPSA) is 36.9 Å². The second-order valence-electron chi connectivity index (χ2n) is 7.81. The van der Waals surface area contributed by atoms with Crippen molar-refractivity contribution < 1.29 is 18.8 Å². The average molecular weight is 361 g/mol. The summed E-state index contributed by atoms with van der Waals surface area (Å²) in [5.41, 5.74) is 1.40. The van der Waals surface area contributed by atoms with Crippen LogP contribution in [0.1, 0.15) is 38.8 Å². The van der Waals surface area contributed by atoms with E-state index in [2.05, 4.69) is 0 Å². The summed E-state index contributed by atoms with van der Waals surface area (Å²) >= 11 is 0. The van der Waals surface area contributed by atoms with Gasteiger partial charge in [0.25, 0.3) is 0 Å². The Balaban J connectivity index is 1.38. The van der Waals surface area contributed by atoms with Crippen LogP contribution in [-0.4, -0.2) is 18.9 Å². The molecule has 2 aromatic rings. The molecular formula is C22H22BO4. The zero-order valence-electron chi connectivity index (χ0n) is 16.0. The maximum Gasteiger partial charge on any atom is 0.658 e. The number of fused-ring (bicyclic) bond motifs is 2. The van der Waals surface area contributed by atoms with Gasteiger partial charge in [0.05, 0.1) is 0 Å². The minimum absolute atomic E-state index is 0.287. The van der Waals surface area contributed by atoms with Crippen molar-refractivity contribution in [3.8, 4) is 23.0 Å². The first-order valence-electron chi connectivity index (χ1n) is 8.99. The van der Waals surface area contributed by atoms with E-state index in [4.69, 9.17) is 18.8 Å². The van der Waals surface area contributed by atoms with Gasteiger partial charge >= 0.3 is 7.69 Å². The lowest BCUT2D eigenvalue weighted by molar-refractivity contribution is 0.158. The lowest BCUT2D eigenvalue weighted by Crippen LogP contribution is -2.27. The zero-order chi connectivity index (χ0) is 19.1. The number of hydrogen-bond donors (Lipinski definition) is 0. The number of rotatable bonds is 4. The van der Waals surface area contributed by atoms with Gasteiger partial charge in [-0.05, 0) is 76.2 Å². The van der Waals surface area contributed by atoms with Crippen LogP contribution in [0.15, 0.2) is 48.6 Å². The van der Waals surface area contributed by atoms with Crippen LogP contribution in [0.5, 0.6) is 23.0 Å². The van der Waals surface area contributed by atoms with Crippen LogP contribution in [0.3, 0.4) is 0 Å². The fraction of sp³-hybridized carbons (Fsp3) is 0.273. The van der Waals surface area contributed by atoms with Gasteiger partial charge in [-0.25, -0.2) is 0 Å². The van der Waals surface area contributed by atoms with E-state index in [0.29, 0.717) is 11.5 Å². The molecule has 2 aliphatic heterocycles. The normalized spacial score (nSPS) is 17.8. The van der Waals surface area contributed by atoms with E-state index < -0.39 is 0 Å². The molecule has 0 saturated carbocycles. The summed E-state index contributed by atoms with van der Waals surface area (Å²) in [6.07, 6.45) is 8.15. The van der Waals surface area contributed by atoms with Crippen LogP contribution in [0.2, 0.25) is 0 Å². The van der Waals surface area contributed by atoms with Crippen LogP contribution in [0, 0.1) is 0 Å². The van der Waals surface area contributed by atoms with Crippen LogP contribution < -0.4 is 18.8 Å². The summed E-state index contributed by atoms with van der Waals surface area (Å²) in [7, 11) is 1.33. The molecular weight excluding hydrogens is 339 g/mol. The van der Waals surface area contributed by atoms with Crippen molar-refractivity contribution in [3.05, 3.63) is 59.7 Å². The Bertz CT molecular complexity index is 852. The number of ether oxygens (including phenoxy) is 2. The molecule has 0 N–H and O–H groups in total. The maximum absolute atomic E-state index is 5.91. The van der Waals surface area contributed by atoms with Crippen LogP contribution in [0.4, 0.5) is 0 Å². The SMILES string of the molecule is CC1(C)C=Cc2cc(O[B]Oc3ccc4c(c3)C=CC(C)(C)O4)ccc2O1. The maximum atomic E-state index is 5.91. The molecule has 0 aromatic heterocycles. The van der Waals surface area contributed by atoms with Gasteiger partial charge in [-0.15, -0.1) is 0 Å². The van der Waals surface area contributed by atoms with Gasteiger partial charge in [-0.1, -0.05) is 12.2 Å². The van der Waals surface area contributed by atoms with E-state index >= 15 is 0 Å². The molecule has 5 heteroatoms. The summed E-state index contributed by atoms with van der Waals surface area (Å²) < 4.78 is 23.1. The third-order valence-corrected chi connectivity index (χ3v) is 4.41. The van der Waals surface area contributed by atoms with Crippen molar-refractivity contribution in [2.75, 3.05) is 0 Å². The third-order valence-electron chi connectivity index (χ3n) is 4.41. The van der Waals surface area contributed by atoms with Crippen molar-refractivity contribution in [2.45, 2.75) is 38.9 Å². The Labute approximate surface area is 160 Å². The molecule has 0 aliphatic carbocycles. The molecule has 0 bridgehead atoms. The van der Waals surface area contributed by atoms with E-state index in [-0.39, 0.29) is 11.2 Å². The van der Waals surface area contributed by atoms with Gasteiger partial charge in [0.2, 0.25) is 0 Å². The predicted molar refractivity (Wildman–Crippen MR) is 107 cm³/mol. The van der Waals surface area contributed by atoms with Crippen LogP contribution in [0.25, 0.3) is 12.2 Å². The molecule has 4 nitrogen and oxygen atoms in total. The molecule has 27 heavy (non-hydrogen) atoms. The molecule has 2 aliphatic rings. The second-order valence-corrected chi connectivity index (χ2v) is 7.81. The van der Waals surface area contributed by atoms with E-state index in [9.17, 15) is 0 Å². The van der Waals surface area contributed by atoms with Crippen molar-refractivity contribution in [1.29, 1.82) is 0 Å². The third kappa shape index (κ3) is 3.97. The van der Waals surface area contributed by atoms with Crippen molar-refractivity contribution in [2.24, 2.45) is 0 Å². The smallest absolute Gasteiger partial charge is 0.526 e. The first-order valence-corrected chi connectivity index (χ1v) is 8.99. The monoisotopic (exact) mass is 361 g/mol. The number of benzene rings is 2. The molecule has 0 atom stereocenters. The van der Waals surface area contributed by atoms with E-state index in [1.165, 1.54) is 7.69 Å². The van der Waals surface area contributed by atoms with Crippen LogP contribution >= 0.6 is 0 Å². The Morgan fingerprint density at radius 1 is 0.704 bits per heavy atom. The van der Waals surface area contributed by atoms with E-state index in [1.54, 1.807) is 0 Å². The largest absolute Gasteiger partial charge is 0.658 e. The van der Waals surface area contributed by atoms with Gasteiger partial charge in [0.1, 0.15) is 34.2 Å². The lowest BCUT2D eigenvalue weighted by atomic mass is 10.0. The predicted octanol–water partition coefficient (Wildman–Crippen LogP) is 5.05. The standard InChI is InChI=1S/C22H22BO4/c1-21(2)11-9-15-13-17(5-7-19(15)24-21)26-23-27-18-6-8-20-16(14-18)10-12-22(3,4)25-20/h5-14H,1-4H3. The first-order chi connectivity index (χ1) is 12.8. The summed E-state index contributed by atoms with van der Waals surface area (Å²) in [6, 6.07) is 11.4. The van der Waals surface area contributed by atoms with Crippen molar-refractivity contribution >= 4 is 19.8 Å². The molecule has 137 valence electrons. The molecule has 0 amide bonds. The Kier molecular flexibility index (Phi) is 4.18. The molecule has 0 unspecified atom stereocenters. The van der Waals surface area contributed by atoms with E-state index in [0.717, 1.165) is 22.6 Å². The summed E-state index contributed by atoms with van der Waals surface area (Å²) in [5.74, 6) is 3.06. The summed E-state index contributed by atoms with van der Waals surface area (Å²) in [5, 5.41) is 0. The molecule has 0 saturated heterocycles. The fourth-order valence-electron chi connectivity index (χ4n) is 3.00. The number of hydrogen-bond acceptors (Lipinski definition) is 4. The van der Waals surface area contributed by atoms with E-state index in [1.807, 2.05) is 88.4 Å². The molecule has 1 radical (unpaired) electrons. The van der Waals surface area contributed by atoms with Crippen molar-refractivity contribution in [1.82, 2.24) is 0 Å². The second kappa shape index (κ2) is 6.41. The Morgan fingerprint density at radius 2 is 1.15 bits per heavy atom. The Hall–Kier alpha value is -2.82. The highest BCUT2D eigenvalue weighted by atomic mass is 16.6. The first kappa shape index (κ1) is 17.6. The van der Waals surface area contributed by atoms with Gasteiger partial charge in [-0.3, -0.25) is 0 Å². The Morgan fingerprint density at radius 3 is 1.59 bits per heavy atom. The molecule has 2 aromatic carbocycles. The van der Waals surface area contributed by atoms with Gasteiger partial charge < -0.3 is 18.8 Å². The minimum Gasteiger partial charge on any atom is -0.526 e. The average Bonchev–Trinajstić information content (AvgIpc) is 2.61. The summed E-state index contributed by atoms with van der Waals surface area (Å²) in [4.78, 5) is 0. The molecule has 2 heterocycles. The molecule has 4 rings (SSSR count). The minimum atomic E-state index is -0.287. The summed E-state index contributed by atoms with van der Waals surface area (Å²) in [6.45, 7) is 8.10. The highest BCUT2D eigenvalue weighted by Gasteiger charge is 2.23. The fourth-order valence-corrected chi connectivity index (χ4v) is 3.00. The highest BCUT2D eigenvalue weighted by molar-refractivity contribution is 6.20. The van der Waals surface area contributed by atoms with Crippen molar-refractivity contribution in [3.63, 3.8) is 0 Å². The zero-order valence-corrected chi connectivity index (χ0v) is 16.0. The highest BCUT2D eigenvalue weighted by Crippen LogP contribution is 2.34. The van der Waals surface area contributed by atoms with Gasteiger partial charge in [0, 0.05) is 11.1 Å². The quantitative estimate of drug-likeness (QED) is 0.715. The van der Waals surface area contributed by atoms with Gasteiger partial charge in [0.15, 0.2) is 0 Å². The molecule has 0 fully saturated rings. The molecule has 0 spiro atoms. The lowest BCUT2D eigenvalue weighted by Gasteiger charge is -2.28. The van der Waals surface area contributed by atoms with Gasteiger partial charge in [-0.2, -0.15) is 0 Å².